The van der Waals surface area contributed by atoms with Crippen molar-refractivity contribution in [1.29, 1.82) is 0 Å². The molecule has 1 amide bonds. The Bertz CT molecular complexity index is 1270. The number of hydrogen-bond acceptors (Lipinski definition) is 9. The molecule has 12 heteroatoms. The van der Waals surface area contributed by atoms with Gasteiger partial charge in [-0.15, -0.1) is 11.3 Å². The predicted molar refractivity (Wildman–Crippen MR) is 116 cm³/mol. The van der Waals surface area contributed by atoms with Gasteiger partial charge in [-0.1, -0.05) is 17.3 Å². The normalized spacial score (nSPS) is 14.4. The van der Waals surface area contributed by atoms with E-state index in [1.54, 1.807) is 30.0 Å². The Morgan fingerprint density at radius 1 is 1.19 bits per heavy atom. The highest BCUT2D eigenvalue weighted by Gasteiger charge is 2.26. The molecule has 32 heavy (non-hydrogen) atoms. The zero-order valence-corrected chi connectivity index (χ0v) is 19.0. The predicted octanol–water partition coefficient (Wildman–Crippen LogP) is 2.58. The lowest BCUT2D eigenvalue weighted by molar-refractivity contribution is 0.0272. The number of morpholine rings is 1. The average molecular weight is 477 g/mol. The van der Waals surface area contributed by atoms with Gasteiger partial charge in [0.05, 0.1) is 18.1 Å². The molecule has 1 aromatic carbocycles. The molecular formula is C20H20N4O6S2. The molecule has 1 saturated heterocycles. The van der Waals surface area contributed by atoms with Crippen LogP contribution in [0.15, 0.2) is 39.8 Å². The van der Waals surface area contributed by atoms with Gasteiger partial charge >= 0.3 is 11.8 Å². The van der Waals surface area contributed by atoms with Crippen LogP contribution in [0.1, 0.15) is 32.8 Å². The summed E-state index contributed by atoms with van der Waals surface area (Å²) >= 11 is 1.17. The van der Waals surface area contributed by atoms with E-state index < -0.39 is 10.0 Å². The van der Waals surface area contributed by atoms with Gasteiger partial charge in [0.2, 0.25) is 5.82 Å². The van der Waals surface area contributed by atoms with Crippen LogP contribution in [-0.2, 0) is 14.8 Å². The minimum Gasteiger partial charge on any atom is -0.378 e. The molecule has 0 unspecified atom stereocenters. The number of hydrogen-bond donors (Lipinski definition) is 1. The van der Waals surface area contributed by atoms with E-state index in [2.05, 4.69) is 14.9 Å². The van der Waals surface area contributed by atoms with Crippen LogP contribution < -0.4 is 4.72 Å². The number of ether oxygens (including phenoxy) is 1. The molecule has 0 bridgehead atoms. The summed E-state index contributed by atoms with van der Waals surface area (Å²) in [6.07, 6.45) is 0. The monoisotopic (exact) mass is 476 g/mol. The third-order valence-corrected chi connectivity index (χ3v) is 7.49. The third kappa shape index (κ3) is 4.56. The lowest BCUT2D eigenvalue weighted by atomic mass is 10.1. The van der Waals surface area contributed by atoms with Gasteiger partial charge in [-0.2, -0.15) is 4.98 Å². The van der Waals surface area contributed by atoms with Gasteiger partial charge < -0.3 is 14.2 Å². The number of aromatic nitrogens is 2. The molecular weight excluding hydrogens is 456 g/mol. The first-order valence-electron chi connectivity index (χ1n) is 9.70. The Kier molecular flexibility index (Phi) is 6.09. The van der Waals surface area contributed by atoms with Gasteiger partial charge in [0.15, 0.2) is 5.78 Å². The summed E-state index contributed by atoms with van der Waals surface area (Å²) in [5.74, 6) is -0.578. The third-order valence-electron chi connectivity index (χ3n) is 4.81. The van der Waals surface area contributed by atoms with Crippen LogP contribution in [0.3, 0.4) is 0 Å². The van der Waals surface area contributed by atoms with E-state index in [1.807, 2.05) is 0 Å². The van der Waals surface area contributed by atoms with E-state index in [0.717, 1.165) is 0 Å². The van der Waals surface area contributed by atoms with Crippen molar-refractivity contribution in [2.75, 3.05) is 31.0 Å². The number of nitrogens with one attached hydrogen (secondary N) is 1. The summed E-state index contributed by atoms with van der Waals surface area (Å²) in [6, 6.07) is 7.69. The summed E-state index contributed by atoms with van der Waals surface area (Å²) in [7, 11) is -3.93. The molecule has 1 aliphatic heterocycles. The molecule has 0 spiro atoms. The molecule has 4 rings (SSSR count). The first-order valence-corrected chi connectivity index (χ1v) is 12.0. The molecule has 168 valence electrons. The summed E-state index contributed by atoms with van der Waals surface area (Å²) in [4.78, 5) is 30.8. The van der Waals surface area contributed by atoms with E-state index in [1.165, 1.54) is 30.4 Å². The van der Waals surface area contributed by atoms with Gasteiger partial charge in [-0.05, 0) is 32.0 Å². The molecule has 0 atom stereocenters. The van der Waals surface area contributed by atoms with Crippen LogP contribution in [0, 0.1) is 6.92 Å². The smallest absolute Gasteiger partial charge is 0.316 e. The summed E-state index contributed by atoms with van der Waals surface area (Å²) in [5.41, 5.74) is 0.681. The van der Waals surface area contributed by atoms with Crippen LogP contribution in [0.2, 0.25) is 0 Å². The van der Waals surface area contributed by atoms with Crippen molar-refractivity contribution in [3.8, 4) is 10.7 Å². The zero-order chi connectivity index (χ0) is 22.9. The van der Waals surface area contributed by atoms with Crippen molar-refractivity contribution >= 4 is 38.7 Å². The first-order chi connectivity index (χ1) is 15.2. The Labute approximate surface area is 188 Å². The van der Waals surface area contributed by atoms with Gasteiger partial charge in [0, 0.05) is 29.2 Å². The molecule has 10 nitrogen and oxygen atoms in total. The van der Waals surface area contributed by atoms with Crippen molar-refractivity contribution in [2.24, 2.45) is 0 Å². The van der Waals surface area contributed by atoms with Crippen molar-refractivity contribution in [3.05, 3.63) is 46.7 Å². The number of sulfonamides is 1. The molecule has 3 aromatic rings. The summed E-state index contributed by atoms with van der Waals surface area (Å²) < 4.78 is 38.7. The molecule has 0 saturated carbocycles. The van der Waals surface area contributed by atoms with Crippen LogP contribution in [0.4, 0.5) is 5.69 Å². The number of ketones is 1. The standard InChI is InChI=1S/C20H20N4O6S2/c1-12(25)14-4-3-5-15(10-14)23-32(27,28)17-11-16(31-13(17)2)18-21-19(30-22-18)20(26)24-6-8-29-9-7-24/h3-5,10-11,23H,6-9H2,1-2H3. The molecule has 1 N–H and O–H groups in total. The van der Waals surface area contributed by atoms with E-state index in [4.69, 9.17) is 9.26 Å². The van der Waals surface area contributed by atoms with Gasteiger partial charge in [-0.3, -0.25) is 14.3 Å². The number of thiophene rings is 1. The lowest BCUT2D eigenvalue weighted by Crippen LogP contribution is -2.40. The Balaban J connectivity index is 1.56. The highest BCUT2D eigenvalue weighted by Crippen LogP contribution is 2.33. The van der Waals surface area contributed by atoms with E-state index in [-0.39, 0.29) is 34.0 Å². The van der Waals surface area contributed by atoms with Gasteiger partial charge in [0.25, 0.3) is 10.0 Å². The van der Waals surface area contributed by atoms with Crippen LogP contribution in [0.5, 0.6) is 0 Å². The number of aryl methyl sites for hydroxylation is 1. The van der Waals surface area contributed by atoms with E-state index in [0.29, 0.717) is 41.6 Å². The fourth-order valence-corrected chi connectivity index (χ4v) is 5.73. The first kappa shape index (κ1) is 22.1. The SMILES string of the molecule is CC(=O)c1cccc(NS(=O)(=O)c2cc(-c3noc(C(=O)N4CCOCC4)n3)sc2C)c1. The topological polar surface area (TPSA) is 132 Å². The number of benzene rings is 1. The number of nitrogens with zero attached hydrogens (tertiary/aromatic N) is 3. The largest absolute Gasteiger partial charge is 0.378 e. The number of amides is 1. The Morgan fingerprint density at radius 3 is 2.66 bits per heavy atom. The molecule has 3 heterocycles. The van der Waals surface area contributed by atoms with Crippen molar-refractivity contribution in [2.45, 2.75) is 18.7 Å². The molecule has 1 fully saturated rings. The van der Waals surface area contributed by atoms with Crippen LogP contribution >= 0.6 is 11.3 Å². The van der Waals surface area contributed by atoms with Crippen molar-refractivity contribution < 1.29 is 27.3 Å². The Morgan fingerprint density at radius 2 is 1.94 bits per heavy atom. The number of Topliss-reactive ketones (excluding diaryl/α,β-unsaturated/α-hetero) is 1. The average Bonchev–Trinajstić information content (AvgIpc) is 3.41. The number of rotatable bonds is 6. The van der Waals surface area contributed by atoms with E-state index in [9.17, 15) is 18.0 Å². The van der Waals surface area contributed by atoms with Crippen molar-refractivity contribution in [1.82, 2.24) is 15.0 Å². The second kappa shape index (κ2) is 8.81. The maximum Gasteiger partial charge on any atom is 0.316 e. The van der Waals surface area contributed by atoms with Crippen molar-refractivity contribution in [3.63, 3.8) is 0 Å². The highest BCUT2D eigenvalue weighted by atomic mass is 32.2. The minimum atomic E-state index is -3.93. The number of carbonyl (C=O) groups excluding carboxylic acids is 2. The second-order valence-electron chi connectivity index (χ2n) is 7.10. The second-order valence-corrected chi connectivity index (χ2v) is 10.0. The number of carbonyl (C=O) groups is 2. The highest BCUT2D eigenvalue weighted by molar-refractivity contribution is 7.93. The molecule has 0 aliphatic carbocycles. The molecule has 0 radical (unpaired) electrons. The van der Waals surface area contributed by atoms with Crippen LogP contribution in [-0.4, -0.2) is 61.5 Å². The van der Waals surface area contributed by atoms with Gasteiger partial charge in [-0.25, -0.2) is 8.42 Å². The fourth-order valence-electron chi connectivity index (χ4n) is 3.17. The lowest BCUT2D eigenvalue weighted by Gasteiger charge is -2.25. The summed E-state index contributed by atoms with van der Waals surface area (Å²) in [6.45, 7) is 4.84. The fraction of sp³-hybridized carbons (Fsp3) is 0.300. The molecule has 2 aromatic heterocycles. The molecule has 1 aliphatic rings. The Hall–Kier alpha value is -3.09. The van der Waals surface area contributed by atoms with Crippen LogP contribution in [0.25, 0.3) is 10.7 Å². The minimum absolute atomic E-state index is 0.0524. The zero-order valence-electron chi connectivity index (χ0n) is 17.3. The maximum atomic E-state index is 12.9. The summed E-state index contributed by atoms with van der Waals surface area (Å²) in [5, 5.41) is 3.85. The van der Waals surface area contributed by atoms with E-state index >= 15 is 0 Å². The quantitative estimate of drug-likeness (QED) is 0.537. The van der Waals surface area contributed by atoms with Gasteiger partial charge in [0.1, 0.15) is 4.90 Å². The number of anilines is 1. The maximum absolute atomic E-state index is 12.9.